The molecule has 2 aromatic carbocycles. The highest BCUT2D eigenvalue weighted by Gasteiger charge is 2.14. The van der Waals surface area contributed by atoms with Gasteiger partial charge in [0, 0.05) is 18.7 Å². The third-order valence-corrected chi connectivity index (χ3v) is 3.99. The van der Waals surface area contributed by atoms with Crippen LogP contribution < -0.4 is 10.1 Å². The Labute approximate surface area is 148 Å². The van der Waals surface area contributed by atoms with Gasteiger partial charge < -0.3 is 10.1 Å². The van der Waals surface area contributed by atoms with Gasteiger partial charge in [-0.05, 0) is 31.5 Å². The molecule has 1 N–H and O–H groups in total. The zero-order valence-corrected chi connectivity index (χ0v) is 14.9. The summed E-state index contributed by atoms with van der Waals surface area (Å²) in [7, 11) is 1.68. The first-order chi connectivity index (χ1) is 12.2. The number of benzene rings is 2. The van der Waals surface area contributed by atoms with E-state index in [0.29, 0.717) is 6.54 Å². The van der Waals surface area contributed by atoms with E-state index in [1.807, 2.05) is 30.3 Å². The molecule has 0 spiro atoms. The van der Waals surface area contributed by atoms with Crippen LogP contribution in [0.4, 0.5) is 0 Å². The van der Waals surface area contributed by atoms with Crippen LogP contribution in [0.3, 0.4) is 0 Å². The van der Waals surface area contributed by atoms with Crippen LogP contribution in [0.1, 0.15) is 31.1 Å². The third-order valence-electron chi connectivity index (χ3n) is 3.99. The smallest absolute Gasteiger partial charge is 0.118 e. The van der Waals surface area contributed by atoms with Crippen molar-refractivity contribution in [2.75, 3.05) is 7.11 Å². The second kappa shape index (κ2) is 7.94. The summed E-state index contributed by atoms with van der Waals surface area (Å²) in [6.07, 6.45) is 0. The van der Waals surface area contributed by atoms with E-state index in [4.69, 9.17) is 4.74 Å². The maximum absolute atomic E-state index is 5.19. The second-order valence-corrected chi connectivity index (χ2v) is 6.23. The largest absolute Gasteiger partial charge is 0.497 e. The van der Waals surface area contributed by atoms with Crippen molar-refractivity contribution in [2.45, 2.75) is 33.0 Å². The van der Waals surface area contributed by atoms with Crippen LogP contribution >= 0.6 is 0 Å². The topological polar surface area (TPSA) is 52.0 Å². The summed E-state index contributed by atoms with van der Waals surface area (Å²) in [6.45, 7) is 5.61. The summed E-state index contributed by atoms with van der Waals surface area (Å²) in [6, 6.07) is 18.5. The molecule has 1 heterocycles. The van der Waals surface area contributed by atoms with Crippen molar-refractivity contribution in [3.63, 3.8) is 0 Å². The fourth-order valence-corrected chi connectivity index (χ4v) is 2.59. The van der Waals surface area contributed by atoms with E-state index < -0.39 is 0 Å². The van der Waals surface area contributed by atoms with Gasteiger partial charge in [-0.1, -0.05) is 42.5 Å². The first kappa shape index (κ1) is 17.2. The van der Waals surface area contributed by atoms with E-state index in [0.717, 1.165) is 29.2 Å². The van der Waals surface area contributed by atoms with Gasteiger partial charge in [-0.2, -0.15) is 15.0 Å². The molecule has 0 aliphatic heterocycles. The van der Waals surface area contributed by atoms with Gasteiger partial charge in [0.15, 0.2) is 0 Å². The molecule has 130 valence electrons. The van der Waals surface area contributed by atoms with Gasteiger partial charge in [-0.25, -0.2) is 0 Å². The van der Waals surface area contributed by atoms with Gasteiger partial charge in [0.25, 0.3) is 0 Å². The molecule has 0 unspecified atom stereocenters. The van der Waals surface area contributed by atoms with Gasteiger partial charge in [-0.3, -0.25) is 0 Å². The van der Waals surface area contributed by atoms with Crippen LogP contribution in [0, 0.1) is 0 Å². The molecule has 25 heavy (non-hydrogen) atoms. The number of methoxy groups -OCH3 is 1. The predicted molar refractivity (Wildman–Crippen MR) is 99.4 cm³/mol. The van der Waals surface area contributed by atoms with Gasteiger partial charge in [0.2, 0.25) is 0 Å². The predicted octanol–water partition coefficient (Wildman–Crippen LogP) is 3.82. The van der Waals surface area contributed by atoms with Crippen molar-refractivity contribution < 1.29 is 4.74 Å². The van der Waals surface area contributed by atoms with Crippen molar-refractivity contribution in [3.8, 4) is 17.0 Å². The number of nitrogens with one attached hydrogen (secondary N) is 1. The Morgan fingerprint density at radius 3 is 2.32 bits per heavy atom. The summed E-state index contributed by atoms with van der Waals surface area (Å²) >= 11 is 0. The van der Waals surface area contributed by atoms with Crippen LogP contribution in [0.5, 0.6) is 5.75 Å². The lowest BCUT2D eigenvalue weighted by Crippen LogP contribution is -2.14. The number of hydrogen-bond donors (Lipinski definition) is 1. The maximum atomic E-state index is 5.19. The number of rotatable bonds is 7. The molecule has 0 aliphatic carbocycles. The van der Waals surface area contributed by atoms with Crippen LogP contribution in [0.2, 0.25) is 0 Å². The summed E-state index contributed by atoms with van der Waals surface area (Å²) < 4.78 is 5.19. The van der Waals surface area contributed by atoms with E-state index in [1.165, 1.54) is 5.56 Å². The first-order valence-electron chi connectivity index (χ1n) is 8.52. The van der Waals surface area contributed by atoms with Crippen molar-refractivity contribution in [3.05, 3.63) is 65.9 Å². The molecule has 3 rings (SSSR count). The van der Waals surface area contributed by atoms with Crippen LogP contribution in [0.15, 0.2) is 54.6 Å². The van der Waals surface area contributed by atoms with Crippen LogP contribution in [0.25, 0.3) is 11.3 Å². The third kappa shape index (κ3) is 4.25. The quantitative estimate of drug-likeness (QED) is 0.712. The fourth-order valence-electron chi connectivity index (χ4n) is 2.59. The fraction of sp³-hybridized carbons (Fsp3) is 0.300. The molecule has 0 bridgehead atoms. The Hall–Kier alpha value is -2.66. The molecule has 0 saturated carbocycles. The number of nitrogens with zero attached hydrogens (tertiary/aromatic N) is 3. The molecule has 0 aliphatic rings. The molecule has 0 amide bonds. The zero-order chi connectivity index (χ0) is 17.6. The molecule has 0 atom stereocenters. The van der Waals surface area contributed by atoms with E-state index in [2.05, 4.69) is 53.6 Å². The summed E-state index contributed by atoms with van der Waals surface area (Å²) in [4.78, 5) is 1.78. The molecule has 0 saturated heterocycles. The zero-order valence-electron chi connectivity index (χ0n) is 14.9. The Morgan fingerprint density at radius 1 is 0.960 bits per heavy atom. The number of aromatic nitrogens is 3. The lowest BCUT2D eigenvalue weighted by atomic mass is 10.1. The Morgan fingerprint density at radius 2 is 1.68 bits per heavy atom. The highest BCUT2D eigenvalue weighted by atomic mass is 16.5. The molecule has 3 aromatic rings. The van der Waals surface area contributed by atoms with Gasteiger partial charge in [0.1, 0.15) is 17.1 Å². The minimum absolute atomic E-state index is 0.234. The van der Waals surface area contributed by atoms with Crippen molar-refractivity contribution in [1.82, 2.24) is 20.3 Å². The van der Waals surface area contributed by atoms with Crippen molar-refractivity contribution >= 4 is 0 Å². The first-order valence-corrected chi connectivity index (χ1v) is 8.52. The molecule has 5 nitrogen and oxygen atoms in total. The van der Waals surface area contributed by atoms with Gasteiger partial charge in [0.05, 0.1) is 13.2 Å². The average Bonchev–Trinajstić information content (AvgIpc) is 3.07. The standard InChI is InChI=1S/C20H24N4O/c1-15(2)24-22-19(20(23-24)17-7-5-4-6-8-17)14-21-13-16-9-11-18(25-3)12-10-16/h4-12,15,21H,13-14H2,1-3H3. The van der Waals surface area contributed by atoms with E-state index >= 15 is 0 Å². The summed E-state index contributed by atoms with van der Waals surface area (Å²) in [5, 5.41) is 12.8. The molecule has 0 fully saturated rings. The highest BCUT2D eigenvalue weighted by molar-refractivity contribution is 5.60. The highest BCUT2D eigenvalue weighted by Crippen LogP contribution is 2.21. The number of ether oxygens (including phenoxy) is 1. The SMILES string of the molecule is COc1ccc(CNCc2nn(C(C)C)nc2-c2ccccc2)cc1. The van der Waals surface area contributed by atoms with E-state index in [-0.39, 0.29) is 6.04 Å². The Balaban J connectivity index is 1.72. The normalized spacial score (nSPS) is 11.0. The average molecular weight is 336 g/mol. The van der Waals surface area contributed by atoms with Crippen LogP contribution in [-0.2, 0) is 13.1 Å². The summed E-state index contributed by atoms with van der Waals surface area (Å²) in [5.41, 5.74) is 4.21. The molecule has 0 radical (unpaired) electrons. The van der Waals surface area contributed by atoms with E-state index in [1.54, 1.807) is 11.9 Å². The maximum Gasteiger partial charge on any atom is 0.118 e. The van der Waals surface area contributed by atoms with Gasteiger partial charge in [-0.15, -0.1) is 0 Å². The Bertz CT molecular complexity index is 794. The second-order valence-electron chi connectivity index (χ2n) is 6.23. The van der Waals surface area contributed by atoms with E-state index in [9.17, 15) is 0 Å². The van der Waals surface area contributed by atoms with Crippen molar-refractivity contribution in [2.24, 2.45) is 0 Å². The van der Waals surface area contributed by atoms with Gasteiger partial charge >= 0.3 is 0 Å². The molecular formula is C20H24N4O. The minimum atomic E-state index is 0.234. The monoisotopic (exact) mass is 336 g/mol. The van der Waals surface area contributed by atoms with Crippen LogP contribution in [-0.4, -0.2) is 22.1 Å². The molecule has 1 aromatic heterocycles. The van der Waals surface area contributed by atoms with Crippen molar-refractivity contribution in [1.29, 1.82) is 0 Å². The lowest BCUT2D eigenvalue weighted by Gasteiger charge is -2.06. The minimum Gasteiger partial charge on any atom is -0.497 e. The molecular weight excluding hydrogens is 312 g/mol. The number of hydrogen-bond acceptors (Lipinski definition) is 4. The Kier molecular flexibility index (Phi) is 5.46. The lowest BCUT2D eigenvalue weighted by molar-refractivity contribution is 0.414. The molecule has 5 heteroatoms. The summed E-state index contributed by atoms with van der Waals surface area (Å²) in [5.74, 6) is 0.870.